The Balaban J connectivity index is 1.45. The molecule has 3 saturated heterocycles. The average molecular weight is 396 g/mol. The van der Waals surface area contributed by atoms with Crippen LogP contribution in [0.5, 0.6) is 5.75 Å². The molecule has 29 heavy (non-hydrogen) atoms. The standard InChI is InChI=1S/C22H21FN2O4/c1-28-16-9-5-8-15(20(16)23)21(27)24-11-10-22-18(24)12-19(26)25(22)13-17(29-22)14-6-3-2-4-7-14/h2-9,17-18H,10-13H2,1H3/t17-,18-,22+/m1/s1. The molecular formula is C22H21FN2O4. The first-order valence-corrected chi connectivity index (χ1v) is 9.72. The summed E-state index contributed by atoms with van der Waals surface area (Å²) in [4.78, 5) is 29.2. The molecule has 2 aromatic carbocycles. The number of nitrogens with zero attached hydrogens (tertiary/aromatic N) is 2. The number of carbonyl (C=O) groups excluding carboxylic acids is 2. The molecular weight excluding hydrogens is 375 g/mol. The van der Waals surface area contributed by atoms with Gasteiger partial charge in [0, 0.05) is 13.0 Å². The van der Waals surface area contributed by atoms with Crippen LogP contribution in [-0.2, 0) is 9.53 Å². The smallest absolute Gasteiger partial charge is 0.257 e. The van der Waals surface area contributed by atoms with Gasteiger partial charge in [0.25, 0.3) is 5.91 Å². The lowest BCUT2D eigenvalue weighted by Crippen LogP contribution is -2.48. The molecule has 3 fully saturated rings. The number of rotatable bonds is 3. The van der Waals surface area contributed by atoms with Crippen LogP contribution in [0, 0.1) is 5.82 Å². The van der Waals surface area contributed by atoms with E-state index in [9.17, 15) is 14.0 Å². The Morgan fingerprint density at radius 1 is 1.21 bits per heavy atom. The third-order valence-corrected chi connectivity index (χ3v) is 6.27. The number of hydrogen-bond acceptors (Lipinski definition) is 4. The molecule has 3 heterocycles. The van der Waals surface area contributed by atoms with Gasteiger partial charge in [0.05, 0.1) is 31.7 Å². The van der Waals surface area contributed by atoms with Crippen LogP contribution in [0.1, 0.15) is 34.9 Å². The van der Waals surface area contributed by atoms with Gasteiger partial charge in [0.15, 0.2) is 17.3 Å². The van der Waals surface area contributed by atoms with Gasteiger partial charge in [0.1, 0.15) is 6.10 Å². The van der Waals surface area contributed by atoms with Crippen LogP contribution in [0.4, 0.5) is 4.39 Å². The highest BCUT2D eigenvalue weighted by Crippen LogP contribution is 2.51. The van der Waals surface area contributed by atoms with E-state index in [1.54, 1.807) is 15.9 Å². The predicted octanol–water partition coefficient (Wildman–Crippen LogP) is 2.75. The fourth-order valence-corrected chi connectivity index (χ4v) is 4.90. The lowest BCUT2D eigenvalue weighted by Gasteiger charge is -2.32. The first-order chi connectivity index (χ1) is 14.0. The SMILES string of the molecule is COc1cccc(C(=O)N2CC[C@@]34O[C@@H](c5ccccc5)CN3C(=O)C[C@@H]24)c1F. The largest absolute Gasteiger partial charge is 0.494 e. The Morgan fingerprint density at radius 2 is 2.00 bits per heavy atom. The quantitative estimate of drug-likeness (QED) is 0.801. The third kappa shape index (κ3) is 2.57. The van der Waals surface area contributed by atoms with E-state index in [4.69, 9.17) is 9.47 Å². The number of halogens is 1. The van der Waals surface area contributed by atoms with E-state index in [1.165, 1.54) is 19.2 Å². The lowest BCUT2D eigenvalue weighted by molar-refractivity contribution is -0.138. The van der Waals surface area contributed by atoms with E-state index in [-0.39, 0.29) is 29.7 Å². The second kappa shape index (κ2) is 6.56. The third-order valence-electron chi connectivity index (χ3n) is 6.27. The molecule has 0 aliphatic carbocycles. The molecule has 0 aromatic heterocycles. The predicted molar refractivity (Wildman–Crippen MR) is 102 cm³/mol. The molecule has 0 unspecified atom stereocenters. The molecule has 0 saturated carbocycles. The van der Waals surface area contributed by atoms with Crippen LogP contribution in [0.3, 0.4) is 0 Å². The van der Waals surface area contributed by atoms with E-state index >= 15 is 0 Å². The number of amides is 2. The zero-order valence-electron chi connectivity index (χ0n) is 16.0. The summed E-state index contributed by atoms with van der Waals surface area (Å²) in [5.41, 5.74) is 0.124. The first kappa shape index (κ1) is 18.1. The maximum atomic E-state index is 14.7. The van der Waals surface area contributed by atoms with Crippen molar-refractivity contribution in [2.45, 2.75) is 30.7 Å². The summed E-state index contributed by atoms with van der Waals surface area (Å²) in [6.07, 6.45) is 0.481. The first-order valence-electron chi connectivity index (χ1n) is 9.72. The fourth-order valence-electron chi connectivity index (χ4n) is 4.90. The Hall–Kier alpha value is -2.93. The fraction of sp³-hybridized carbons (Fsp3) is 0.364. The molecule has 2 aromatic rings. The number of likely N-dealkylation sites (tertiary alicyclic amines) is 1. The van der Waals surface area contributed by atoms with Crippen LogP contribution in [0.2, 0.25) is 0 Å². The van der Waals surface area contributed by atoms with Gasteiger partial charge >= 0.3 is 0 Å². The summed E-state index contributed by atoms with van der Waals surface area (Å²) in [6.45, 7) is 0.875. The number of benzene rings is 2. The summed E-state index contributed by atoms with van der Waals surface area (Å²) in [6, 6.07) is 13.9. The highest BCUT2D eigenvalue weighted by Gasteiger charge is 2.65. The van der Waals surface area contributed by atoms with Gasteiger partial charge in [-0.15, -0.1) is 0 Å². The van der Waals surface area contributed by atoms with Crippen molar-refractivity contribution in [1.82, 2.24) is 9.80 Å². The van der Waals surface area contributed by atoms with Gasteiger partial charge in [0.2, 0.25) is 5.91 Å². The highest BCUT2D eigenvalue weighted by atomic mass is 19.1. The number of carbonyl (C=O) groups is 2. The normalized spacial score (nSPS) is 27.9. The number of hydrogen-bond donors (Lipinski definition) is 0. The lowest BCUT2D eigenvalue weighted by atomic mass is 10.1. The van der Waals surface area contributed by atoms with Gasteiger partial charge in [-0.3, -0.25) is 9.59 Å². The zero-order valence-corrected chi connectivity index (χ0v) is 16.0. The van der Waals surface area contributed by atoms with Crippen molar-refractivity contribution in [3.05, 3.63) is 65.5 Å². The summed E-state index contributed by atoms with van der Waals surface area (Å²) in [5.74, 6) is -1.13. The Labute approximate surface area is 167 Å². The van der Waals surface area contributed by atoms with E-state index < -0.39 is 23.5 Å². The van der Waals surface area contributed by atoms with Crippen LogP contribution in [0.25, 0.3) is 0 Å². The molecule has 7 heteroatoms. The molecule has 0 radical (unpaired) electrons. The topological polar surface area (TPSA) is 59.1 Å². The minimum absolute atomic E-state index is 0.0233. The zero-order chi connectivity index (χ0) is 20.2. The summed E-state index contributed by atoms with van der Waals surface area (Å²) in [5, 5.41) is 0. The second-order valence-electron chi connectivity index (χ2n) is 7.66. The maximum absolute atomic E-state index is 14.7. The minimum Gasteiger partial charge on any atom is -0.494 e. The van der Waals surface area contributed by atoms with E-state index in [2.05, 4.69) is 0 Å². The van der Waals surface area contributed by atoms with E-state index in [0.29, 0.717) is 19.5 Å². The molecule has 2 amide bonds. The van der Waals surface area contributed by atoms with Crippen molar-refractivity contribution < 1.29 is 23.5 Å². The molecule has 5 rings (SSSR count). The van der Waals surface area contributed by atoms with Crippen molar-refractivity contribution in [2.75, 3.05) is 20.2 Å². The number of methoxy groups -OCH3 is 1. The van der Waals surface area contributed by atoms with Crippen LogP contribution >= 0.6 is 0 Å². The van der Waals surface area contributed by atoms with Crippen molar-refractivity contribution >= 4 is 11.8 Å². The van der Waals surface area contributed by atoms with Crippen LogP contribution in [-0.4, -0.2) is 53.6 Å². The van der Waals surface area contributed by atoms with Crippen molar-refractivity contribution in [3.8, 4) is 5.75 Å². The van der Waals surface area contributed by atoms with Gasteiger partial charge in [-0.05, 0) is 17.7 Å². The molecule has 3 atom stereocenters. The Kier molecular flexibility index (Phi) is 4.10. The minimum atomic E-state index is -0.831. The monoisotopic (exact) mass is 396 g/mol. The Morgan fingerprint density at radius 3 is 2.76 bits per heavy atom. The summed E-state index contributed by atoms with van der Waals surface area (Å²) < 4.78 is 26.1. The van der Waals surface area contributed by atoms with Crippen molar-refractivity contribution in [2.24, 2.45) is 0 Å². The molecule has 3 aliphatic rings. The molecule has 1 spiro atoms. The van der Waals surface area contributed by atoms with E-state index in [1.807, 2.05) is 30.3 Å². The molecule has 150 valence electrons. The van der Waals surface area contributed by atoms with Crippen molar-refractivity contribution in [3.63, 3.8) is 0 Å². The van der Waals surface area contributed by atoms with Gasteiger partial charge in [-0.2, -0.15) is 0 Å². The van der Waals surface area contributed by atoms with E-state index in [0.717, 1.165) is 5.56 Å². The van der Waals surface area contributed by atoms with Gasteiger partial charge in [-0.1, -0.05) is 36.4 Å². The summed E-state index contributed by atoms with van der Waals surface area (Å²) >= 11 is 0. The summed E-state index contributed by atoms with van der Waals surface area (Å²) in [7, 11) is 1.36. The number of ether oxygens (including phenoxy) is 2. The second-order valence-corrected chi connectivity index (χ2v) is 7.66. The average Bonchev–Trinajstić information content (AvgIpc) is 3.37. The Bertz CT molecular complexity index is 982. The van der Waals surface area contributed by atoms with Crippen LogP contribution in [0.15, 0.2) is 48.5 Å². The van der Waals surface area contributed by atoms with Crippen molar-refractivity contribution in [1.29, 1.82) is 0 Å². The van der Waals surface area contributed by atoms with Gasteiger partial charge in [-0.25, -0.2) is 4.39 Å². The van der Waals surface area contributed by atoms with Gasteiger partial charge < -0.3 is 19.3 Å². The highest BCUT2D eigenvalue weighted by molar-refractivity contribution is 5.96. The molecule has 3 aliphatic heterocycles. The molecule has 0 N–H and O–H groups in total. The van der Waals surface area contributed by atoms with Crippen LogP contribution < -0.4 is 4.74 Å². The molecule has 6 nitrogen and oxygen atoms in total. The molecule has 0 bridgehead atoms. The maximum Gasteiger partial charge on any atom is 0.257 e.